The van der Waals surface area contributed by atoms with Gasteiger partial charge in [0.05, 0.1) is 19.8 Å². The first-order chi connectivity index (χ1) is 11.0. The van der Waals surface area contributed by atoms with Crippen LogP contribution in [0.3, 0.4) is 0 Å². The Morgan fingerprint density at radius 1 is 1.39 bits per heavy atom. The molecule has 5 nitrogen and oxygen atoms in total. The van der Waals surface area contributed by atoms with Crippen molar-refractivity contribution < 1.29 is 14.4 Å². The third kappa shape index (κ3) is 4.94. The number of likely N-dealkylation sites (N-methyl/N-ethyl adjacent to an activating group) is 1. The van der Waals surface area contributed by atoms with Crippen LogP contribution in [0.5, 0.6) is 5.75 Å². The number of anilines is 1. The van der Waals surface area contributed by atoms with E-state index in [1.807, 2.05) is 26.1 Å². The number of carbonyl (C=O) groups excluding carboxylic acids is 1. The lowest BCUT2D eigenvalue weighted by Gasteiger charge is -2.16. The van der Waals surface area contributed by atoms with Gasteiger partial charge in [-0.15, -0.1) is 0 Å². The first-order valence-corrected chi connectivity index (χ1v) is 7.72. The van der Waals surface area contributed by atoms with E-state index >= 15 is 0 Å². The number of rotatable bonds is 6. The summed E-state index contributed by atoms with van der Waals surface area (Å²) in [6, 6.07) is 9.50. The minimum atomic E-state index is -0.107. The van der Waals surface area contributed by atoms with Gasteiger partial charge in [0.1, 0.15) is 12.3 Å². The SMILES string of the molecule is COc1ccc(C)cc1C[NH+](C)CC(=O)Nc1cccnc1Cl. The Hall–Kier alpha value is -2.11. The molecular weight excluding hydrogens is 314 g/mol. The van der Waals surface area contributed by atoms with Gasteiger partial charge in [-0.3, -0.25) is 4.79 Å². The highest BCUT2D eigenvalue weighted by molar-refractivity contribution is 6.32. The van der Waals surface area contributed by atoms with Crippen LogP contribution in [0.25, 0.3) is 0 Å². The third-order valence-electron chi connectivity index (χ3n) is 3.42. The largest absolute Gasteiger partial charge is 0.496 e. The number of carbonyl (C=O) groups is 1. The van der Waals surface area contributed by atoms with Crippen molar-refractivity contribution in [3.05, 3.63) is 52.8 Å². The Labute approximate surface area is 141 Å². The molecule has 2 aromatic rings. The van der Waals surface area contributed by atoms with Gasteiger partial charge in [-0.05, 0) is 31.2 Å². The first-order valence-electron chi connectivity index (χ1n) is 7.34. The smallest absolute Gasteiger partial charge is 0.279 e. The van der Waals surface area contributed by atoms with Crippen molar-refractivity contribution >= 4 is 23.2 Å². The van der Waals surface area contributed by atoms with Gasteiger partial charge in [-0.25, -0.2) is 4.98 Å². The summed E-state index contributed by atoms with van der Waals surface area (Å²) in [5, 5.41) is 3.07. The van der Waals surface area contributed by atoms with E-state index < -0.39 is 0 Å². The second-order valence-electron chi connectivity index (χ2n) is 5.52. The van der Waals surface area contributed by atoms with Crippen LogP contribution in [0.1, 0.15) is 11.1 Å². The van der Waals surface area contributed by atoms with E-state index in [-0.39, 0.29) is 5.91 Å². The molecule has 1 amide bonds. The molecular formula is C17H21ClN3O2+. The van der Waals surface area contributed by atoms with Crippen LogP contribution in [-0.4, -0.2) is 31.6 Å². The van der Waals surface area contributed by atoms with Gasteiger partial charge in [-0.1, -0.05) is 23.2 Å². The van der Waals surface area contributed by atoms with Crippen molar-refractivity contribution in [1.82, 2.24) is 4.98 Å². The second kappa shape index (κ2) is 7.94. The fourth-order valence-electron chi connectivity index (χ4n) is 2.38. The topological polar surface area (TPSA) is 55.7 Å². The predicted molar refractivity (Wildman–Crippen MR) is 91.1 cm³/mol. The zero-order valence-electron chi connectivity index (χ0n) is 13.5. The summed E-state index contributed by atoms with van der Waals surface area (Å²) in [6.07, 6.45) is 1.58. The first kappa shape index (κ1) is 17.2. The van der Waals surface area contributed by atoms with Gasteiger partial charge < -0.3 is 15.0 Å². The normalized spacial score (nSPS) is 11.8. The number of aryl methyl sites for hydroxylation is 1. The number of methoxy groups -OCH3 is 1. The van der Waals surface area contributed by atoms with Crippen molar-refractivity contribution in [2.75, 3.05) is 26.0 Å². The number of halogens is 1. The van der Waals surface area contributed by atoms with Gasteiger partial charge in [-0.2, -0.15) is 0 Å². The number of hydrogen-bond acceptors (Lipinski definition) is 3. The molecule has 0 aliphatic carbocycles. The number of hydrogen-bond donors (Lipinski definition) is 2. The van der Waals surface area contributed by atoms with E-state index in [4.69, 9.17) is 16.3 Å². The van der Waals surface area contributed by atoms with Gasteiger partial charge in [0.25, 0.3) is 5.91 Å². The molecule has 6 heteroatoms. The molecule has 0 aliphatic rings. The molecule has 0 aliphatic heterocycles. The monoisotopic (exact) mass is 334 g/mol. The molecule has 122 valence electrons. The lowest BCUT2D eigenvalue weighted by atomic mass is 10.1. The Morgan fingerprint density at radius 3 is 2.87 bits per heavy atom. The fraction of sp³-hybridized carbons (Fsp3) is 0.294. The molecule has 2 rings (SSSR count). The summed E-state index contributed by atoms with van der Waals surface area (Å²) in [6.45, 7) is 3.05. The van der Waals surface area contributed by atoms with Crippen LogP contribution in [0, 0.1) is 6.92 Å². The van der Waals surface area contributed by atoms with E-state index in [1.165, 1.54) is 5.56 Å². The van der Waals surface area contributed by atoms with E-state index in [9.17, 15) is 4.79 Å². The summed E-state index contributed by atoms with van der Waals surface area (Å²) in [7, 11) is 3.62. The molecule has 1 aromatic heterocycles. The minimum Gasteiger partial charge on any atom is -0.496 e. The maximum absolute atomic E-state index is 12.1. The molecule has 1 atom stereocenters. The molecule has 1 heterocycles. The predicted octanol–water partition coefficient (Wildman–Crippen LogP) is 1.71. The van der Waals surface area contributed by atoms with Crippen LogP contribution >= 0.6 is 11.6 Å². The molecule has 0 bridgehead atoms. The van der Waals surface area contributed by atoms with Gasteiger partial charge in [0.2, 0.25) is 0 Å². The van der Waals surface area contributed by atoms with Crippen LogP contribution in [-0.2, 0) is 11.3 Å². The molecule has 0 fully saturated rings. The molecule has 1 unspecified atom stereocenters. The summed E-state index contributed by atoms with van der Waals surface area (Å²) in [5.74, 6) is 0.731. The van der Waals surface area contributed by atoms with Crippen molar-refractivity contribution in [2.45, 2.75) is 13.5 Å². The van der Waals surface area contributed by atoms with E-state index in [0.29, 0.717) is 23.9 Å². The molecule has 0 saturated carbocycles. The zero-order valence-corrected chi connectivity index (χ0v) is 14.3. The molecule has 2 N–H and O–H groups in total. The number of ether oxygens (including phenoxy) is 1. The maximum Gasteiger partial charge on any atom is 0.279 e. The number of nitrogens with one attached hydrogen (secondary N) is 2. The maximum atomic E-state index is 12.1. The van der Waals surface area contributed by atoms with E-state index in [1.54, 1.807) is 25.4 Å². The molecule has 0 spiro atoms. The zero-order chi connectivity index (χ0) is 16.8. The van der Waals surface area contributed by atoms with E-state index in [0.717, 1.165) is 16.2 Å². The summed E-state index contributed by atoms with van der Waals surface area (Å²) < 4.78 is 5.38. The van der Waals surface area contributed by atoms with E-state index in [2.05, 4.69) is 16.4 Å². The lowest BCUT2D eigenvalue weighted by molar-refractivity contribution is -0.885. The molecule has 1 aromatic carbocycles. The Balaban J connectivity index is 1.97. The van der Waals surface area contributed by atoms with Crippen molar-refractivity contribution in [3.8, 4) is 5.75 Å². The second-order valence-corrected chi connectivity index (χ2v) is 5.87. The molecule has 0 saturated heterocycles. The van der Waals surface area contributed by atoms with Crippen LogP contribution in [0.2, 0.25) is 5.15 Å². The summed E-state index contributed by atoms with van der Waals surface area (Å²) in [4.78, 5) is 17.1. The quantitative estimate of drug-likeness (QED) is 0.791. The third-order valence-corrected chi connectivity index (χ3v) is 3.72. The number of aromatic nitrogens is 1. The highest BCUT2D eigenvalue weighted by atomic mass is 35.5. The summed E-state index contributed by atoms with van der Waals surface area (Å²) in [5.41, 5.74) is 2.78. The van der Waals surface area contributed by atoms with Crippen LogP contribution < -0.4 is 15.0 Å². The average Bonchev–Trinajstić information content (AvgIpc) is 2.49. The number of pyridine rings is 1. The number of amides is 1. The van der Waals surface area contributed by atoms with Crippen LogP contribution in [0.4, 0.5) is 5.69 Å². The van der Waals surface area contributed by atoms with Gasteiger partial charge >= 0.3 is 0 Å². The minimum absolute atomic E-state index is 0.107. The Kier molecular flexibility index (Phi) is 5.96. The highest BCUT2D eigenvalue weighted by Crippen LogP contribution is 2.19. The number of quaternary nitrogens is 1. The van der Waals surface area contributed by atoms with Crippen molar-refractivity contribution in [3.63, 3.8) is 0 Å². The van der Waals surface area contributed by atoms with Gasteiger partial charge in [0, 0.05) is 11.8 Å². The number of benzene rings is 1. The Bertz CT molecular complexity index is 691. The summed E-state index contributed by atoms with van der Waals surface area (Å²) >= 11 is 5.94. The van der Waals surface area contributed by atoms with Crippen molar-refractivity contribution in [2.24, 2.45) is 0 Å². The average molecular weight is 335 g/mol. The molecule has 23 heavy (non-hydrogen) atoms. The van der Waals surface area contributed by atoms with Crippen LogP contribution in [0.15, 0.2) is 36.5 Å². The van der Waals surface area contributed by atoms with Gasteiger partial charge in [0.15, 0.2) is 11.7 Å². The standard InChI is InChI=1S/C17H20ClN3O2/c1-12-6-7-15(23-3)13(9-12)10-21(2)11-16(22)20-14-5-4-8-19-17(14)18/h4-9H,10-11H2,1-3H3,(H,20,22)/p+1. The Morgan fingerprint density at radius 2 is 2.17 bits per heavy atom. The lowest BCUT2D eigenvalue weighted by Crippen LogP contribution is -3.08. The number of nitrogens with zero attached hydrogens (tertiary/aromatic N) is 1. The molecule has 0 radical (unpaired) electrons. The fourth-order valence-corrected chi connectivity index (χ4v) is 2.55. The highest BCUT2D eigenvalue weighted by Gasteiger charge is 2.14. The van der Waals surface area contributed by atoms with Crippen molar-refractivity contribution in [1.29, 1.82) is 0 Å².